The summed E-state index contributed by atoms with van der Waals surface area (Å²) < 4.78 is 15.7. The summed E-state index contributed by atoms with van der Waals surface area (Å²) in [4.78, 5) is 4.68. The van der Waals surface area contributed by atoms with Crippen molar-refractivity contribution in [3.05, 3.63) is 72.7 Å². The second-order valence-electron chi connectivity index (χ2n) is 5.63. The topological polar surface area (TPSA) is 17.8 Å². The molecule has 0 aliphatic carbocycles. The molecule has 0 bridgehead atoms. The Morgan fingerprint density at radius 2 is 1.91 bits per heavy atom. The lowest BCUT2D eigenvalue weighted by Crippen LogP contribution is -1.89. The number of nitrogens with zero attached hydrogens (tertiary/aromatic N) is 2. The molecule has 0 atom stereocenters. The van der Waals surface area contributed by atoms with Crippen molar-refractivity contribution < 1.29 is 4.39 Å². The van der Waals surface area contributed by atoms with Gasteiger partial charge in [-0.3, -0.25) is 0 Å². The van der Waals surface area contributed by atoms with Crippen LogP contribution >= 0.6 is 0 Å². The van der Waals surface area contributed by atoms with Gasteiger partial charge in [-0.25, -0.2) is 9.37 Å². The lowest BCUT2D eigenvalue weighted by molar-refractivity contribution is 0.629. The Bertz CT molecular complexity index is 1060. The van der Waals surface area contributed by atoms with Crippen molar-refractivity contribution in [2.24, 2.45) is 7.05 Å². The number of para-hydroxylation sites is 1. The van der Waals surface area contributed by atoms with Gasteiger partial charge in [-0.05, 0) is 29.8 Å². The van der Waals surface area contributed by atoms with Crippen LogP contribution in [-0.4, -0.2) is 9.55 Å². The third kappa shape index (κ3) is 2.13. The molecule has 0 amide bonds. The minimum absolute atomic E-state index is 0.282. The largest absolute Gasteiger partial charge is 0.350 e. The molecule has 0 saturated carbocycles. The number of aromatic nitrogens is 2. The van der Waals surface area contributed by atoms with Gasteiger partial charge in [0.2, 0.25) is 0 Å². The average molecular weight is 302 g/mol. The standard InChI is InChI=1S/C20H15FN2/c1-3-13-10-18(22-19-11-14(21)8-9-15(13)19)17-12-23(2)20-7-5-4-6-16(17)20/h3-12H,1H2,2H3. The summed E-state index contributed by atoms with van der Waals surface area (Å²) in [5.74, 6) is -0.282. The molecule has 0 N–H and O–H groups in total. The molecule has 0 aliphatic rings. The number of hydrogen-bond donors (Lipinski definition) is 0. The summed E-state index contributed by atoms with van der Waals surface area (Å²) >= 11 is 0. The fourth-order valence-corrected chi connectivity index (χ4v) is 3.08. The molecule has 0 aliphatic heterocycles. The van der Waals surface area contributed by atoms with Crippen LogP contribution in [0.1, 0.15) is 5.56 Å². The quantitative estimate of drug-likeness (QED) is 0.499. The molecule has 112 valence electrons. The summed E-state index contributed by atoms with van der Waals surface area (Å²) in [7, 11) is 2.01. The van der Waals surface area contributed by atoms with Gasteiger partial charge in [0.1, 0.15) is 5.82 Å². The molecule has 0 radical (unpaired) electrons. The van der Waals surface area contributed by atoms with E-state index in [2.05, 4.69) is 34.5 Å². The maximum Gasteiger partial charge on any atom is 0.125 e. The Morgan fingerprint density at radius 1 is 1.09 bits per heavy atom. The highest BCUT2D eigenvalue weighted by Gasteiger charge is 2.12. The minimum Gasteiger partial charge on any atom is -0.350 e. The van der Waals surface area contributed by atoms with Crippen LogP contribution in [0.4, 0.5) is 4.39 Å². The van der Waals surface area contributed by atoms with E-state index in [0.717, 1.165) is 33.1 Å². The lowest BCUT2D eigenvalue weighted by Gasteiger charge is -2.06. The van der Waals surface area contributed by atoms with E-state index < -0.39 is 0 Å². The fourth-order valence-electron chi connectivity index (χ4n) is 3.08. The van der Waals surface area contributed by atoms with Gasteiger partial charge in [-0.1, -0.05) is 30.9 Å². The molecular formula is C20H15FN2. The van der Waals surface area contributed by atoms with E-state index in [1.165, 1.54) is 12.1 Å². The third-order valence-corrected chi connectivity index (χ3v) is 4.20. The second-order valence-corrected chi connectivity index (χ2v) is 5.63. The van der Waals surface area contributed by atoms with Crippen LogP contribution in [-0.2, 0) is 7.05 Å². The summed E-state index contributed by atoms with van der Waals surface area (Å²) in [6.07, 6.45) is 3.85. The zero-order chi connectivity index (χ0) is 16.0. The van der Waals surface area contributed by atoms with Gasteiger partial charge in [0.05, 0.1) is 11.2 Å². The molecule has 0 spiro atoms. The van der Waals surface area contributed by atoms with E-state index in [1.807, 2.05) is 25.2 Å². The van der Waals surface area contributed by atoms with Gasteiger partial charge in [0.25, 0.3) is 0 Å². The molecule has 23 heavy (non-hydrogen) atoms. The van der Waals surface area contributed by atoms with Crippen molar-refractivity contribution in [2.45, 2.75) is 0 Å². The van der Waals surface area contributed by atoms with E-state index in [0.29, 0.717) is 5.52 Å². The number of aryl methyl sites for hydroxylation is 1. The second kappa shape index (κ2) is 5.06. The first-order chi connectivity index (χ1) is 11.2. The van der Waals surface area contributed by atoms with Crippen molar-refractivity contribution >= 4 is 27.9 Å². The first-order valence-electron chi connectivity index (χ1n) is 7.44. The highest BCUT2D eigenvalue weighted by Crippen LogP contribution is 2.32. The van der Waals surface area contributed by atoms with Crippen LogP contribution in [0.15, 0.2) is 61.3 Å². The molecule has 2 nitrogen and oxygen atoms in total. The van der Waals surface area contributed by atoms with Crippen molar-refractivity contribution in [3.8, 4) is 11.3 Å². The molecule has 3 heteroatoms. The molecule has 2 heterocycles. The molecule has 4 rings (SSSR count). The highest BCUT2D eigenvalue weighted by atomic mass is 19.1. The van der Waals surface area contributed by atoms with E-state index in [1.54, 1.807) is 12.1 Å². The Hall–Kier alpha value is -2.94. The predicted molar refractivity (Wildman–Crippen MR) is 93.7 cm³/mol. The first kappa shape index (κ1) is 13.7. The fraction of sp³-hybridized carbons (Fsp3) is 0.0500. The SMILES string of the molecule is C=Cc1cc(-c2cn(C)c3ccccc23)nc2cc(F)ccc12. The van der Waals surface area contributed by atoms with E-state index >= 15 is 0 Å². The molecule has 0 fully saturated rings. The summed E-state index contributed by atoms with van der Waals surface area (Å²) in [5, 5.41) is 2.04. The van der Waals surface area contributed by atoms with Gasteiger partial charge in [-0.15, -0.1) is 0 Å². The first-order valence-corrected chi connectivity index (χ1v) is 7.44. The van der Waals surface area contributed by atoms with Gasteiger partial charge in [-0.2, -0.15) is 0 Å². The molecule has 0 unspecified atom stereocenters. The predicted octanol–water partition coefficient (Wildman–Crippen LogP) is 5.18. The Morgan fingerprint density at radius 3 is 2.74 bits per heavy atom. The van der Waals surface area contributed by atoms with Crippen LogP contribution in [0.3, 0.4) is 0 Å². The van der Waals surface area contributed by atoms with E-state index in [4.69, 9.17) is 0 Å². The van der Waals surface area contributed by atoms with Crippen molar-refractivity contribution in [1.82, 2.24) is 9.55 Å². The van der Waals surface area contributed by atoms with Crippen molar-refractivity contribution in [1.29, 1.82) is 0 Å². The van der Waals surface area contributed by atoms with Gasteiger partial charge < -0.3 is 4.57 Å². The van der Waals surface area contributed by atoms with Gasteiger partial charge in [0, 0.05) is 41.2 Å². The normalized spacial score (nSPS) is 11.2. The molecule has 2 aromatic heterocycles. The zero-order valence-corrected chi connectivity index (χ0v) is 12.8. The number of hydrogen-bond acceptors (Lipinski definition) is 1. The highest BCUT2D eigenvalue weighted by molar-refractivity contribution is 5.98. The molecular weight excluding hydrogens is 287 g/mol. The number of rotatable bonds is 2. The van der Waals surface area contributed by atoms with Gasteiger partial charge >= 0.3 is 0 Å². The summed E-state index contributed by atoms with van der Waals surface area (Å²) in [5.41, 5.74) is 4.61. The summed E-state index contributed by atoms with van der Waals surface area (Å²) in [6.45, 7) is 3.88. The smallest absolute Gasteiger partial charge is 0.125 e. The van der Waals surface area contributed by atoms with Crippen LogP contribution < -0.4 is 0 Å². The van der Waals surface area contributed by atoms with Crippen LogP contribution in [0.5, 0.6) is 0 Å². The number of benzene rings is 2. The summed E-state index contributed by atoms with van der Waals surface area (Å²) in [6, 6.07) is 14.9. The van der Waals surface area contributed by atoms with E-state index in [-0.39, 0.29) is 5.82 Å². The lowest BCUT2D eigenvalue weighted by atomic mass is 10.0. The minimum atomic E-state index is -0.282. The zero-order valence-electron chi connectivity index (χ0n) is 12.8. The Kier molecular flexibility index (Phi) is 3.01. The number of halogens is 1. The molecule has 2 aromatic carbocycles. The number of fused-ring (bicyclic) bond motifs is 2. The van der Waals surface area contributed by atoms with Crippen LogP contribution in [0, 0.1) is 5.82 Å². The van der Waals surface area contributed by atoms with Gasteiger partial charge in [0.15, 0.2) is 0 Å². The Balaban J connectivity index is 2.06. The maximum atomic E-state index is 13.6. The van der Waals surface area contributed by atoms with E-state index in [9.17, 15) is 4.39 Å². The number of pyridine rings is 1. The third-order valence-electron chi connectivity index (χ3n) is 4.20. The Labute approximate surface area is 133 Å². The van der Waals surface area contributed by atoms with Crippen LogP contribution in [0.2, 0.25) is 0 Å². The molecule has 0 saturated heterocycles. The van der Waals surface area contributed by atoms with Crippen molar-refractivity contribution in [2.75, 3.05) is 0 Å². The molecule has 4 aromatic rings. The maximum absolute atomic E-state index is 13.6. The van der Waals surface area contributed by atoms with Crippen LogP contribution in [0.25, 0.3) is 39.1 Å². The monoisotopic (exact) mass is 302 g/mol. The van der Waals surface area contributed by atoms with Crippen molar-refractivity contribution in [3.63, 3.8) is 0 Å². The average Bonchev–Trinajstić information content (AvgIpc) is 2.91.